The number of nitrogens with zero attached hydrogens (tertiary/aromatic N) is 1. The average molecular weight is 452 g/mol. The van der Waals surface area contributed by atoms with E-state index in [2.05, 4.69) is 14.9 Å². The number of amides is 1. The molecule has 0 bridgehead atoms. The summed E-state index contributed by atoms with van der Waals surface area (Å²) in [6.07, 6.45) is 0. The summed E-state index contributed by atoms with van der Waals surface area (Å²) < 4.78 is 33.2. The quantitative estimate of drug-likeness (QED) is 0.594. The predicted octanol–water partition coefficient (Wildman–Crippen LogP) is 3.88. The first-order valence-corrected chi connectivity index (χ1v) is 11.8. The Morgan fingerprint density at radius 2 is 1.59 bits per heavy atom. The van der Waals surface area contributed by atoms with Crippen molar-refractivity contribution in [3.8, 4) is 0 Å². The Labute approximate surface area is 188 Å². The van der Waals surface area contributed by atoms with Crippen molar-refractivity contribution >= 4 is 33.0 Å². The standard InChI is InChI=1S/C24H25N3O4S/c1-18-5-11-23(12-6-18)32(29,30)26-21-4-2-3-19(17-21)24(28)25-20-7-9-22(10-8-20)27-13-15-31-16-14-27/h2-12,17,26H,13-16H2,1H3,(H,25,28). The van der Waals surface area contributed by atoms with Gasteiger partial charge in [-0.15, -0.1) is 0 Å². The Bertz CT molecular complexity index is 1190. The molecular formula is C24H25N3O4S. The number of carbonyl (C=O) groups is 1. The monoisotopic (exact) mass is 451 g/mol. The van der Waals surface area contributed by atoms with Gasteiger partial charge < -0.3 is 15.0 Å². The van der Waals surface area contributed by atoms with Crippen molar-refractivity contribution < 1.29 is 17.9 Å². The lowest BCUT2D eigenvalue weighted by molar-refractivity contribution is 0.102. The van der Waals surface area contributed by atoms with E-state index in [9.17, 15) is 13.2 Å². The lowest BCUT2D eigenvalue weighted by Crippen LogP contribution is -2.36. The second-order valence-electron chi connectivity index (χ2n) is 7.60. The topological polar surface area (TPSA) is 87.7 Å². The molecule has 0 aromatic heterocycles. The van der Waals surface area contributed by atoms with Crippen molar-refractivity contribution in [1.82, 2.24) is 0 Å². The van der Waals surface area contributed by atoms with Crippen LogP contribution in [0.25, 0.3) is 0 Å². The van der Waals surface area contributed by atoms with E-state index < -0.39 is 10.0 Å². The van der Waals surface area contributed by atoms with E-state index in [4.69, 9.17) is 4.74 Å². The fourth-order valence-corrected chi connectivity index (χ4v) is 4.49. The third-order valence-electron chi connectivity index (χ3n) is 5.21. The predicted molar refractivity (Wildman–Crippen MR) is 126 cm³/mol. The number of anilines is 3. The maximum Gasteiger partial charge on any atom is 0.261 e. The molecule has 3 aromatic carbocycles. The molecule has 0 saturated carbocycles. The molecule has 4 rings (SSSR count). The number of rotatable bonds is 6. The summed E-state index contributed by atoms with van der Waals surface area (Å²) in [7, 11) is -3.74. The minimum atomic E-state index is -3.74. The number of sulfonamides is 1. The Hall–Kier alpha value is -3.36. The van der Waals surface area contributed by atoms with E-state index in [0.717, 1.165) is 24.3 Å². The number of hydrogen-bond acceptors (Lipinski definition) is 5. The molecule has 1 fully saturated rings. The average Bonchev–Trinajstić information content (AvgIpc) is 2.80. The lowest BCUT2D eigenvalue weighted by Gasteiger charge is -2.28. The molecule has 3 aromatic rings. The van der Waals surface area contributed by atoms with Crippen LogP contribution >= 0.6 is 0 Å². The van der Waals surface area contributed by atoms with Crippen LogP contribution in [0.5, 0.6) is 0 Å². The first-order valence-electron chi connectivity index (χ1n) is 10.3. The zero-order chi connectivity index (χ0) is 22.6. The van der Waals surface area contributed by atoms with E-state index in [-0.39, 0.29) is 10.8 Å². The molecule has 8 heteroatoms. The van der Waals surface area contributed by atoms with E-state index in [1.54, 1.807) is 42.5 Å². The molecule has 32 heavy (non-hydrogen) atoms. The van der Waals surface area contributed by atoms with Crippen LogP contribution in [0.1, 0.15) is 15.9 Å². The molecule has 1 amide bonds. The summed E-state index contributed by atoms with van der Waals surface area (Å²) in [4.78, 5) is 15.1. The van der Waals surface area contributed by atoms with E-state index >= 15 is 0 Å². The maximum atomic E-state index is 12.7. The minimum Gasteiger partial charge on any atom is -0.378 e. The van der Waals surface area contributed by atoms with Crippen LogP contribution in [-0.4, -0.2) is 40.6 Å². The Morgan fingerprint density at radius 1 is 0.906 bits per heavy atom. The normalized spacial score (nSPS) is 14.1. The number of carbonyl (C=O) groups excluding carboxylic acids is 1. The number of morpholine rings is 1. The van der Waals surface area contributed by atoms with E-state index in [1.165, 1.54) is 6.07 Å². The molecule has 1 aliphatic rings. The highest BCUT2D eigenvalue weighted by Crippen LogP contribution is 2.21. The molecule has 1 aliphatic heterocycles. The van der Waals surface area contributed by atoms with Crippen molar-refractivity contribution in [1.29, 1.82) is 0 Å². The highest BCUT2D eigenvalue weighted by atomic mass is 32.2. The van der Waals surface area contributed by atoms with Crippen LogP contribution in [0.3, 0.4) is 0 Å². The van der Waals surface area contributed by atoms with Gasteiger partial charge in [0.25, 0.3) is 15.9 Å². The van der Waals surface area contributed by atoms with Crippen LogP contribution in [0, 0.1) is 6.92 Å². The van der Waals surface area contributed by atoms with E-state index in [1.807, 2.05) is 31.2 Å². The summed E-state index contributed by atoms with van der Waals surface area (Å²) in [6.45, 7) is 5.00. The van der Waals surface area contributed by atoms with Gasteiger partial charge >= 0.3 is 0 Å². The minimum absolute atomic E-state index is 0.165. The Kier molecular flexibility index (Phi) is 6.43. The Morgan fingerprint density at radius 3 is 2.28 bits per heavy atom. The van der Waals surface area contributed by atoms with Crippen molar-refractivity contribution in [2.75, 3.05) is 41.2 Å². The summed E-state index contributed by atoms with van der Waals surface area (Å²) >= 11 is 0. The van der Waals surface area contributed by atoms with Gasteiger partial charge in [-0.1, -0.05) is 23.8 Å². The largest absolute Gasteiger partial charge is 0.378 e. The first kappa shape index (κ1) is 21.9. The highest BCUT2D eigenvalue weighted by molar-refractivity contribution is 7.92. The molecule has 0 spiro atoms. The van der Waals surface area contributed by atoms with Crippen molar-refractivity contribution in [2.45, 2.75) is 11.8 Å². The number of nitrogens with one attached hydrogen (secondary N) is 2. The van der Waals surface area contributed by atoms with E-state index in [0.29, 0.717) is 30.2 Å². The van der Waals surface area contributed by atoms with Crippen molar-refractivity contribution in [3.05, 3.63) is 83.9 Å². The molecule has 7 nitrogen and oxygen atoms in total. The summed E-state index contributed by atoms with van der Waals surface area (Å²) in [5.74, 6) is -0.319. The molecule has 0 unspecified atom stereocenters. The van der Waals surface area contributed by atoms with Crippen molar-refractivity contribution in [2.24, 2.45) is 0 Å². The number of hydrogen-bond donors (Lipinski definition) is 2. The maximum absolute atomic E-state index is 12.7. The zero-order valence-corrected chi connectivity index (χ0v) is 18.6. The number of aryl methyl sites for hydroxylation is 1. The molecule has 0 radical (unpaired) electrons. The second kappa shape index (κ2) is 9.42. The lowest BCUT2D eigenvalue weighted by atomic mass is 10.2. The van der Waals surface area contributed by atoms with Gasteiger partial charge in [0, 0.05) is 35.7 Å². The first-order chi connectivity index (χ1) is 15.4. The highest BCUT2D eigenvalue weighted by Gasteiger charge is 2.15. The fraction of sp³-hybridized carbons (Fsp3) is 0.208. The third-order valence-corrected chi connectivity index (χ3v) is 6.61. The van der Waals surface area contributed by atoms with Crippen LogP contribution in [0.2, 0.25) is 0 Å². The molecular weight excluding hydrogens is 426 g/mol. The molecule has 166 valence electrons. The summed E-state index contributed by atoms with van der Waals surface area (Å²) in [5, 5.41) is 2.86. The number of benzene rings is 3. The van der Waals surface area contributed by atoms with Gasteiger partial charge in [-0.25, -0.2) is 8.42 Å². The zero-order valence-electron chi connectivity index (χ0n) is 17.7. The van der Waals surface area contributed by atoms with Crippen LogP contribution < -0.4 is 14.9 Å². The van der Waals surface area contributed by atoms with Gasteiger partial charge in [0.1, 0.15) is 0 Å². The van der Waals surface area contributed by atoms with Crippen LogP contribution in [0.4, 0.5) is 17.1 Å². The summed E-state index contributed by atoms with van der Waals surface area (Å²) in [5.41, 5.74) is 3.39. The molecule has 0 aliphatic carbocycles. The smallest absolute Gasteiger partial charge is 0.261 e. The van der Waals surface area contributed by atoms with Crippen LogP contribution in [0.15, 0.2) is 77.7 Å². The molecule has 0 atom stereocenters. The Balaban J connectivity index is 1.43. The molecule has 1 saturated heterocycles. The SMILES string of the molecule is Cc1ccc(S(=O)(=O)Nc2cccc(C(=O)Nc3ccc(N4CCOCC4)cc3)c2)cc1. The molecule has 1 heterocycles. The summed E-state index contributed by atoms with van der Waals surface area (Å²) in [6, 6.07) is 20.6. The van der Waals surface area contributed by atoms with Gasteiger partial charge in [0.2, 0.25) is 0 Å². The van der Waals surface area contributed by atoms with Gasteiger partial charge in [0.05, 0.1) is 18.1 Å². The van der Waals surface area contributed by atoms with Crippen LogP contribution in [-0.2, 0) is 14.8 Å². The number of ether oxygens (including phenoxy) is 1. The van der Waals surface area contributed by atoms with Crippen molar-refractivity contribution in [3.63, 3.8) is 0 Å². The van der Waals surface area contributed by atoms with Gasteiger partial charge in [-0.05, 0) is 61.5 Å². The van der Waals surface area contributed by atoms with Gasteiger partial charge in [-0.3, -0.25) is 9.52 Å². The third kappa shape index (κ3) is 5.27. The van der Waals surface area contributed by atoms with Gasteiger partial charge in [-0.2, -0.15) is 0 Å². The van der Waals surface area contributed by atoms with Gasteiger partial charge in [0.15, 0.2) is 0 Å². The second-order valence-corrected chi connectivity index (χ2v) is 9.28. The fourth-order valence-electron chi connectivity index (χ4n) is 3.44. The molecule has 2 N–H and O–H groups in total.